The lowest BCUT2D eigenvalue weighted by Gasteiger charge is -2.12. The summed E-state index contributed by atoms with van der Waals surface area (Å²) in [5.74, 6) is 1.56. The summed E-state index contributed by atoms with van der Waals surface area (Å²) >= 11 is 3.61. The highest BCUT2D eigenvalue weighted by atomic mass is 79.9. The molecule has 0 radical (unpaired) electrons. The van der Waals surface area contributed by atoms with E-state index in [1.54, 1.807) is 7.11 Å². The van der Waals surface area contributed by atoms with Gasteiger partial charge in [0.15, 0.2) is 0 Å². The molecule has 1 aliphatic carbocycles. The van der Waals surface area contributed by atoms with Crippen LogP contribution < -0.4 is 10.5 Å². The molecule has 2 N–H and O–H groups in total. The molecule has 0 fully saturated rings. The van der Waals surface area contributed by atoms with Crippen LogP contribution in [0.1, 0.15) is 29.9 Å². The zero-order valence-electron chi connectivity index (χ0n) is 8.92. The average molecular weight is 270 g/mol. The van der Waals surface area contributed by atoms with E-state index in [1.165, 1.54) is 22.0 Å². The normalized spacial score (nSPS) is 19.0. The van der Waals surface area contributed by atoms with Crippen molar-refractivity contribution < 1.29 is 4.74 Å². The molecule has 1 aliphatic rings. The molecule has 3 heteroatoms. The molecule has 2 nitrogen and oxygen atoms in total. The molecule has 0 aliphatic heterocycles. The van der Waals surface area contributed by atoms with Gasteiger partial charge in [0.25, 0.3) is 0 Å². The van der Waals surface area contributed by atoms with E-state index in [0.717, 1.165) is 25.1 Å². The van der Waals surface area contributed by atoms with Crippen LogP contribution in [0.3, 0.4) is 0 Å². The van der Waals surface area contributed by atoms with Crippen molar-refractivity contribution in [2.75, 3.05) is 13.7 Å². The van der Waals surface area contributed by atoms with Gasteiger partial charge < -0.3 is 10.5 Å². The van der Waals surface area contributed by atoms with Crippen LogP contribution >= 0.6 is 15.9 Å². The molecule has 0 amide bonds. The van der Waals surface area contributed by atoms with E-state index in [-0.39, 0.29) is 0 Å². The van der Waals surface area contributed by atoms with Gasteiger partial charge in [-0.15, -0.1) is 0 Å². The largest absolute Gasteiger partial charge is 0.497 e. The molecule has 1 atom stereocenters. The highest BCUT2D eigenvalue weighted by Crippen LogP contribution is 2.41. The Hall–Kier alpha value is -0.540. The van der Waals surface area contributed by atoms with E-state index in [1.807, 2.05) is 6.07 Å². The topological polar surface area (TPSA) is 35.2 Å². The van der Waals surface area contributed by atoms with Crippen molar-refractivity contribution in [3.8, 4) is 5.75 Å². The Kier molecular flexibility index (Phi) is 3.32. The van der Waals surface area contributed by atoms with Gasteiger partial charge in [0.2, 0.25) is 0 Å². The number of rotatable bonds is 3. The molecule has 82 valence electrons. The smallest absolute Gasteiger partial charge is 0.120 e. The molecule has 1 unspecified atom stereocenters. The first kappa shape index (κ1) is 11.0. The number of ether oxygens (including phenoxy) is 1. The van der Waals surface area contributed by atoms with Gasteiger partial charge in [-0.3, -0.25) is 0 Å². The molecule has 2 rings (SSSR count). The summed E-state index contributed by atoms with van der Waals surface area (Å²) < 4.78 is 6.46. The van der Waals surface area contributed by atoms with Gasteiger partial charge in [0.1, 0.15) is 5.75 Å². The van der Waals surface area contributed by atoms with Crippen LogP contribution in [0, 0.1) is 0 Å². The molecule has 0 spiro atoms. The quantitative estimate of drug-likeness (QED) is 0.916. The molecule has 0 bridgehead atoms. The summed E-state index contributed by atoms with van der Waals surface area (Å²) in [5, 5.41) is 0. The summed E-state index contributed by atoms with van der Waals surface area (Å²) in [5.41, 5.74) is 8.49. The minimum atomic E-state index is 0.622. The Balaban J connectivity index is 2.37. The Bertz CT molecular complexity index is 365. The average Bonchev–Trinajstić information content (AvgIpc) is 2.63. The van der Waals surface area contributed by atoms with Crippen LogP contribution in [0.15, 0.2) is 16.6 Å². The number of hydrogen-bond donors (Lipinski definition) is 1. The fourth-order valence-corrected chi connectivity index (χ4v) is 3.01. The Morgan fingerprint density at radius 2 is 2.33 bits per heavy atom. The molecule has 15 heavy (non-hydrogen) atoms. The summed E-state index contributed by atoms with van der Waals surface area (Å²) in [6.45, 7) is 0.763. The van der Waals surface area contributed by atoms with Crippen molar-refractivity contribution in [3.05, 3.63) is 27.7 Å². The lowest BCUT2D eigenvalue weighted by Crippen LogP contribution is -2.04. The van der Waals surface area contributed by atoms with Crippen LogP contribution in [0.4, 0.5) is 0 Å². The minimum Gasteiger partial charge on any atom is -0.497 e. The number of methoxy groups -OCH3 is 1. The maximum atomic E-state index is 5.63. The SMILES string of the molecule is COc1cc(Br)c2c(c1)C(CCN)CC2. The third-order valence-electron chi connectivity index (χ3n) is 3.14. The molecule has 0 aromatic heterocycles. The second-order valence-electron chi connectivity index (χ2n) is 3.99. The Morgan fingerprint density at radius 3 is 3.00 bits per heavy atom. The monoisotopic (exact) mass is 269 g/mol. The summed E-state index contributed by atoms with van der Waals surface area (Å²) in [6, 6.07) is 4.21. The maximum absolute atomic E-state index is 5.63. The van der Waals surface area contributed by atoms with Gasteiger partial charge >= 0.3 is 0 Å². The van der Waals surface area contributed by atoms with E-state index in [0.29, 0.717) is 5.92 Å². The summed E-state index contributed by atoms with van der Waals surface area (Å²) in [6.07, 6.45) is 3.45. The second-order valence-corrected chi connectivity index (χ2v) is 4.84. The fraction of sp³-hybridized carbons (Fsp3) is 0.500. The van der Waals surface area contributed by atoms with Gasteiger partial charge in [0.05, 0.1) is 7.11 Å². The number of halogens is 1. The van der Waals surface area contributed by atoms with Crippen LogP contribution in [0.25, 0.3) is 0 Å². The molecule has 0 saturated carbocycles. The van der Waals surface area contributed by atoms with Crippen LogP contribution in [0.2, 0.25) is 0 Å². The van der Waals surface area contributed by atoms with Crippen molar-refractivity contribution in [2.24, 2.45) is 5.73 Å². The summed E-state index contributed by atoms with van der Waals surface area (Å²) in [7, 11) is 1.71. The van der Waals surface area contributed by atoms with Crippen molar-refractivity contribution in [3.63, 3.8) is 0 Å². The zero-order valence-corrected chi connectivity index (χ0v) is 10.5. The van der Waals surface area contributed by atoms with Gasteiger partial charge in [-0.1, -0.05) is 15.9 Å². The van der Waals surface area contributed by atoms with E-state index in [4.69, 9.17) is 10.5 Å². The predicted molar refractivity (Wildman–Crippen MR) is 65.4 cm³/mol. The minimum absolute atomic E-state index is 0.622. The molecular formula is C12H16BrNO. The third kappa shape index (κ3) is 2.04. The van der Waals surface area contributed by atoms with Gasteiger partial charge in [0, 0.05) is 4.47 Å². The predicted octanol–water partition coefficient (Wildman–Crippen LogP) is 2.84. The van der Waals surface area contributed by atoms with E-state index < -0.39 is 0 Å². The molecule has 1 aromatic carbocycles. The molecule has 1 aromatic rings. The van der Waals surface area contributed by atoms with Crippen molar-refractivity contribution in [1.82, 2.24) is 0 Å². The first-order chi connectivity index (χ1) is 7.26. The lowest BCUT2D eigenvalue weighted by molar-refractivity contribution is 0.413. The molecule has 0 saturated heterocycles. The number of fused-ring (bicyclic) bond motifs is 1. The van der Waals surface area contributed by atoms with Crippen molar-refractivity contribution in [1.29, 1.82) is 0 Å². The van der Waals surface area contributed by atoms with Gasteiger partial charge in [-0.05, 0) is 55.0 Å². The summed E-state index contributed by atoms with van der Waals surface area (Å²) in [4.78, 5) is 0. The maximum Gasteiger partial charge on any atom is 0.120 e. The van der Waals surface area contributed by atoms with E-state index in [2.05, 4.69) is 22.0 Å². The number of benzene rings is 1. The first-order valence-corrected chi connectivity index (χ1v) is 6.12. The number of nitrogens with two attached hydrogens (primary N) is 1. The number of hydrogen-bond acceptors (Lipinski definition) is 2. The Labute approximate surface area is 98.9 Å². The second kappa shape index (κ2) is 4.54. The highest BCUT2D eigenvalue weighted by molar-refractivity contribution is 9.10. The van der Waals surface area contributed by atoms with Crippen molar-refractivity contribution >= 4 is 15.9 Å². The van der Waals surface area contributed by atoms with Crippen LogP contribution in [-0.2, 0) is 6.42 Å². The lowest BCUT2D eigenvalue weighted by atomic mass is 9.98. The molecular weight excluding hydrogens is 254 g/mol. The van der Waals surface area contributed by atoms with E-state index in [9.17, 15) is 0 Å². The van der Waals surface area contributed by atoms with Crippen LogP contribution in [-0.4, -0.2) is 13.7 Å². The molecule has 0 heterocycles. The van der Waals surface area contributed by atoms with E-state index >= 15 is 0 Å². The zero-order chi connectivity index (χ0) is 10.8. The van der Waals surface area contributed by atoms with Gasteiger partial charge in [-0.25, -0.2) is 0 Å². The third-order valence-corrected chi connectivity index (χ3v) is 3.84. The highest BCUT2D eigenvalue weighted by Gasteiger charge is 2.24. The standard InChI is InChI=1S/C12H16BrNO/c1-15-9-6-11-8(4-5-14)2-3-10(11)12(13)7-9/h6-8H,2-5,14H2,1H3. The van der Waals surface area contributed by atoms with Crippen molar-refractivity contribution in [2.45, 2.75) is 25.2 Å². The van der Waals surface area contributed by atoms with Crippen LogP contribution in [0.5, 0.6) is 5.75 Å². The fourth-order valence-electron chi connectivity index (χ4n) is 2.35. The first-order valence-electron chi connectivity index (χ1n) is 5.32. The van der Waals surface area contributed by atoms with Gasteiger partial charge in [-0.2, -0.15) is 0 Å². The Morgan fingerprint density at radius 1 is 1.53 bits per heavy atom.